The van der Waals surface area contributed by atoms with Gasteiger partial charge in [-0.2, -0.15) is 0 Å². The van der Waals surface area contributed by atoms with Crippen LogP contribution in [0.2, 0.25) is 5.02 Å². The van der Waals surface area contributed by atoms with E-state index in [1.54, 1.807) is 38.1 Å². The summed E-state index contributed by atoms with van der Waals surface area (Å²) in [6.45, 7) is 3.25. The molecule has 6 heteroatoms. The number of aryl methyl sites for hydroxylation is 1. The van der Waals surface area contributed by atoms with Gasteiger partial charge in [0.15, 0.2) is 0 Å². The third kappa shape index (κ3) is 3.32. The molecule has 0 heterocycles. The van der Waals surface area contributed by atoms with E-state index in [0.717, 1.165) is 0 Å². The molecule has 0 saturated carbocycles. The maximum absolute atomic E-state index is 11.1. The third-order valence-corrected chi connectivity index (χ3v) is 3.36. The molecule has 0 bridgehead atoms. The number of rotatable bonds is 4. The van der Waals surface area contributed by atoms with Crippen LogP contribution < -0.4 is 4.74 Å². The third-order valence-electron chi connectivity index (χ3n) is 3.03. The number of hydrogen-bond acceptors (Lipinski definition) is 4. The zero-order chi connectivity index (χ0) is 15.6. The van der Waals surface area contributed by atoms with Crippen molar-refractivity contribution in [2.24, 2.45) is 0 Å². The summed E-state index contributed by atoms with van der Waals surface area (Å²) in [6.07, 6.45) is -0.695. The van der Waals surface area contributed by atoms with Crippen molar-refractivity contribution in [2.45, 2.75) is 20.0 Å². The Morgan fingerprint density at radius 1 is 1.33 bits per heavy atom. The first kappa shape index (κ1) is 15.3. The predicted octanol–water partition coefficient (Wildman–Crippen LogP) is 4.40. The largest absolute Gasteiger partial charge is 0.450 e. The lowest BCUT2D eigenvalue weighted by molar-refractivity contribution is -0.386. The summed E-state index contributed by atoms with van der Waals surface area (Å²) in [5.41, 5.74) is 1.01. The van der Waals surface area contributed by atoms with E-state index in [1.165, 1.54) is 12.1 Å². The molecule has 0 aliphatic heterocycles. The van der Waals surface area contributed by atoms with Crippen LogP contribution in [0, 0.1) is 17.0 Å². The smallest absolute Gasteiger partial charge is 0.314 e. The van der Waals surface area contributed by atoms with Crippen molar-refractivity contribution in [3.05, 3.63) is 62.7 Å². The van der Waals surface area contributed by atoms with Gasteiger partial charge in [-0.15, -0.1) is 0 Å². The number of nitro groups is 1. The Morgan fingerprint density at radius 3 is 2.62 bits per heavy atom. The molecule has 1 N–H and O–H groups in total. The zero-order valence-corrected chi connectivity index (χ0v) is 12.3. The van der Waals surface area contributed by atoms with E-state index < -0.39 is 11.0 Å². The highest BCUT2D eigenvalue weighted by Crippen LogP contribution is 2.35. The minimum Gasteiger partial charge on any atom is -0.450 e. The maximum Gasteiger partial charge on any atom is 0.314 e. The van der Waals surface area contributed by atoms with Gasteiger partial charge in [0, 0.05) is 5.56 Å². The monoisotopic (exact) mass is 307 g/mol. The Kier molecular flexibility index (Phi) is 4.45. The fraction of sp³-hybridized carbons (Fsp3) is 0.200. The van der Waals surface area contributed by atoms with Gasteiger partial charge in [-0.05, 0) is 37.6 Å². The summed E-state index contributed by atoms with van der Waals surface area (Å²) in [5, 5.41) is 21.0. The molecule has 110 valence electrons. The van der Waals surface area contributed by atoms with Gasteiger partial charge in [-0.25, -0.2) is 0 Å². The molecule has 0 spiro atoms. The number of benzene rings is 2. The van der Waals surface area contributed by atoms with Crippen molar-refractivity contribution >= 4 is 17.3 Å². The lowest BCUT2D eigenvalue weighted by Gasteiger charge is -2.11. The van der Waals surface area contributed by atoms with Crippen molar-refractivity contribution in [2.75, 3.05) is 0 Å². The van der Waals surface area contributed by atoms with Crippen LogP contribution in [0.5, 0.6) is 11.5 Å². The van der Waals surface area contributed by atoms with Crippen molar-refractivity contribution < 1.29 is 14.8 Å². The highest BCUT2D eigenvalue weighted by atomic mass is 35.5. The van der Waals surface area contributed by atoms with Gasteiger partial charge in [0.1, 0.15) is 5.75 Å². The summed E-state index contributed by atoms with van der Waals surface area (Å²) in [6, 6.07) is 9.62. The minimum absolute atomic E-state index is 0.0757. The second-order valence-electron chi connectivity index (χ2n) is 4.64. The molecule has 0 saturated heterocycles. The summed E-state index contributed by atoms with van der Waals surface area (Å²) in [7, 11) is 0. The van der Waals surface area contributed by atoms with Crippen LogP contribution in [0.15, 0.2) is 36.4 Å². The molecule has 0 fully saturated rings. The first-order chi connectivity index (χ1) is 9.90. The maximum atomic E-state index is 11.1. The predicted molar refractivity (Wildman–Crippen MR) is 80.0 cm³/mol. The number of para-hydroxylation sites is 1. The van der Waals surface area contributed by atoms with E-state index >= 15 is 0 Å². The molecule has 0 amide bonds. The first-order valence-electron chi connectivity index (χ1n) is 6.29. The Hall–Kier alpha value is -2.11. The molecule has 0 radical (unpaired) electrons. The molecule has 21 heavy (non-hydrogen) atoms. The van der Waals surface area contributed by atoms with E-state index in [2.05, 4.69) is 0 Å². The number of aliphatic hydroxyl groups excluding tert-OH is 1. The quantitative estimate of drug-likeness (QED) is 0.671. The van der Waals surface area contributed by atoms with E-state index in [0.29, 0.717) is 21.9 Å². The zero-order valence-electron chi connectivity index (χ0n) is 11.5. The normalized spacial score (nSPS) is 12.0. The van der Waals surface area contributed by atoms with Crippen molar-refractivity contribution in [3.8, 4) is 11.5 Å². The average molecular weight is 308 g/mol. The number of halogens is 1. The van der Waals surface area contributed by atoms with Gasteiger partial charge in [-0.3, -0.25) is 10.1 Å². The highest BCUT2D eigenvalue weighted by Gasteiger charge is 2.19. The number of aliphatic hydroxyl groups is 1. The number of nitrogens with zero attached hydrogens (tertiary/aromatic N) is 1. The first-order valence-corrected chi connectivity index (χ1v) is 6.67. The van der Waals surface area contributed by atoms with E-state index in [9.17, 15) is 15.2 Å². The Balaban J connectivity index is 2.37. The fourth-order valence-electron chi connectivity index (χ4n) is 1.99. The lowest BCUT2D eigenvalue weighted by atomic mass is 10.1. The second kappa shape index (κ2) is 6.11. The molecule has 5 nitrogen and oxygen atoms in total. The summed E-state index contributed by atoms with van der Waals surface area (Å²) >= 11 is 6.05. The Labute approximate surface area is 126 Å². The second-order valence-corrected chi connectivity index (χ2v) is 5.05. The minimum atomic E-state index is -0.695. The molecule has 2 aromatic rings. The molecule has 1 unspecified atom stereocenters. The molecule has 0 aliphatic rings. The summed E-state index contributed by atoms with van der Waals surface area (Å²) < 4.78 is 5.56. The Morgan fingerprint density at radius 2 is 2.05 bits per heavy atom. The SMILES string of the molecule is Cc1cccc(Oc2ccc(C(C)O)c(Cl)c2)c1[N+](=O)[O-]. The summed E-state index contributed by atoms with van der Waals surface area (Å²) in [5.74, 6) is 0.527. The molecule has 2 aromatic carbocycles. The van der Waals surface area contributed by atoms with E-state index in [-0.39, 0.29) is 11.4 Å². The van der Waals surface area contributed by atoms with Crippen molar-refractivity contribution in [1.29, 1.82) is 0 Å². The van der Waals surface area contributed by atoms with Gasteiger partial charge in [0.05, 0.1) is 16.0 Å². The molecule has 1 atom stereocenters. The number of nitro benzene ring substituents is 1. The van der Waals surface area contributed by atoms with Gasteiger partial charge in [0.2, 0.25) is 5.75 Å². The highest BCUT2D eigenvalue weighted by molar-refractivity contribution is 6.31. The van der Waals surface area contributed by atoms with Gasteiger partial charge >= 0.3 is 5.69 Å². The van der Waals surface area contributed by atoms with Crippen LogP contribution in [0.1, 0.15) is 24.2 Å². The van der Waals surface area contributed by atoms with Crippen LogP contribution in [-0.4, -0.2) is 10.0 Å². The fourth-order valence-corrected chi connectivity index (χ4v) is 2.31. The van der Waals surface area contributed by atoms with Gasteiger partial charge < -0.3 is 9.84 Å². The van der Waals surface area contributed by atoms with Crippen molar-refractivity contribution in [1.82, 2.24) is 0 Å². The van der Waals surface area contributed by atoms with Crippen LogP contribution in [0.3, 0.4) is 0 Å². The van der Waals surface area contributed by atoms with Crippen molar-refractivity contribution in [3.63, 3.8) is 0 Å². The molecular weight excluding hydrogens is 294 g/mol. The van der Waals surface area contributed by atoms with E-state index in [4.69, 9.17) is 16.3 Å². The van der Waals surface area contributed by atoms with Gasteiger partial charge in [-0.1, -0.05) is 29.8 Å². The van der Waals surface area contributed by atoms with Crippen LogP contribution >= 0.6 is 11.6 Å². The topological polar surface area (TPSA) is 72.6 Å². The lowest BCUT2D eigenvalue weighted by Crippen LogP contribution is -1.97. The average Bonchev–Trinajstić information content (AvgIpc) is 2.37. The summed E-state index contributed by atoms with van der Waals surface area (Å²) in [4.78, 5) is 10.6. The molecule has 0 aliphatic carbocycles. The van der Waals surface area contributed by atoms with Crippen LogP contribution in [0.4, 0.5) is 5.69 Å². The van der Waals surface area contributed by atoms with Crippen LogP contribution in [-0.2, 0) is 0 Å². The number of hydrogen-bond donors (Lipinski definition) is 1. The van der Waals surface area contributed by atoms with Crippen LogP contribution in [0.25, 0.3) is 0 Å². The molecule has 2 rings (SSSR count). The molecular formula is C15H14ClNO4. The molecule has 0 aromatic heterocycles. The van der Waals surface area contributed by atoms with Gasteiger partial charge in [0.25, 0.3) is 0 Å². The van der Waals surface area contributed by atoms with E-state index in [1.807, 2.05) is 0 Å². The standard InChI is InChI=1S/C15H14ClNO4/c1-9-4-3-5-14(15(9)17(19)20)21-11-6-7-12(10(2)18)13(16)8-11/h3-8,10,18H,1-2H3. The Bertz CT molecular complexity index is 685. The number of ether oxygens (including phenoxy) is 1.